The monoisotopic (exact) mass is 460 g/mol. The summed E-state index contributed by atoms with van der Waals surface area (Å²) in [6, 6.07) is 11.4. The molecule has 0 nitrogen and oxygen atoms in total. The van der Waals surface area contributed by atoms with Gasteiger partial charge in [-0.2, -0.15) is 0 Å². The van der Waals surface area contributed by atoms with Crippen LogP contribution in [0, 0.1) is 0 Å². The van der Waals surface area contributed by atoms with Crippen molar-refractivity contribution in [2.75, 3.05) is 0 Å². The van der Waals surface area contributed by atoms with Crippen molar-refractivity contribution in [3.63, 3.8) is 0 Å². The van der Waals surface area contributed by atoms with Crippen LogP contribution in [0.25, 0.3) is 0 Å². The summed E-state index contributed by atoms with van der Waals surface area (Å²) in [6.45, 7) is 2.57. The van der Waals surface area contributed by atoms with Crippen LogP contribution in [-0.2, 0) is 5.41 Å². The summed E-state index contributed by atoms with van der Waals surface area (Å²) in [4.78, 5) is 15.8. The zero-order chi connectivity index (χ0) is 13.8. The van der Waals surface area contributed by atoms with Crippen molar-refractivity contribution in [1.29, 1.82) is 0 Å². The molecular formula is C16H28Sn2. The Bertz CT molecular complexity index is 403. The van der Waals surface area contributed by atoms with Crippen LogP contribution < -0.4 is 0 Å². The maximum atomic E-state index is 2.64. The summed E-state index contributed by atoms with van der Waals surface area (Å²) in [7, 11) is 0. The van der Waals surface area contributed by atoms with Crippen LogP contribution in [0.3, 0.4) is 0 Å². The molecule has 1 aromatic rings. The van der Waals surface area contributed by atoms with E-state index in [1.54, 1.807) is 5.56 Å². The fraction of sp³-hybridized carbons (Fsp3) is 0.625. The van der Waals surface area contributed by atoms with Crippen molar-refractivity contribution in [2.45, 2.75) is 49.8 Å². The van der Waals surface area contributed by atoms with Gasteiger partial charge in [0.25, 0.3) is 0 Å². The van der Waals surface area contributed by atoms with Gasteiger partial charge in [-0.05, 0) is 0 Å². The van der Waals surface area contributed by atoms with Crippen molar-refractivity contribution in [3.8, 4) is 0 Å². The number of rotatable bonds is 3. The average molecular weight is 458 g/mol. The summed E-state index contributed by atoms with van der Waals surface area (Å²) in [5.74, 6) is 0. The van der Waals surface area contributed by atoms with E-state index in [4.69, 9.17) is 0 Å². The Hall–Kier alpha value is 0.817. The molecule has 2 rings (SSSR count). The topological polar surface area (TPSA) is 0 Å². The van der Waals surface area contributed by atoms with Crippen LogP contribution in [0.5, 0.6) is 0 Å². The SMILES string of the molecule is CC1(c2ccccc2)[CH]([Sn]([CH3])([CH3])[CH3])[C@H]1[Sn]([CH3])([CH3])[CH3]. The Morgan fingerprint density at radius 3 is 1.50 bits per heavy atom. The minimum atomic E-state index is -1.83. The van der Waals surface area contributed by atoms with E-state index in [2.05, 4.69) is 66.9 Å². The third-order valence-corrected chi connectivity index (χ3v) is 23.5. The first kappa shape index (κ1) is 15.2. The average Bonchev–Trinajstić information content (AvgIpc) is 2.88. The quantitative estimate of drug-likeness (QED) is 0.535. The molecule has 1 fully saturated rings. The summed E-state index contributed by atoms with van der Waals surface area (Å²) >= 11 is -3.65. The summed E-state index contributed by atoms with van der Waals surface area (Å²) in [5, 5.41) is 0. The Kier molecular flexibility index (Phi) is 3.95. The summed E-state index contributed by atoms with van der Waals surface area (Å²) < 4.78 is 2.15. The van der Waals surface area contributed by atoms with Gasteiger partial charge >= 0.3 is 122 Å². The molecule has 1 aromatic carbocycles. The van der Waals surface area contributed by atoms with Gasteiger partial charge < -0.3 is 0 Å². The van der Waals surface area contributed by atoms with E-state index in [9.17, 15) is 0 Å². The zero-order valence-corrected chi connectivity index (χ0v) is 18.7. The molecule has 0 saturated heterocycles. The fourth-order valence-corrected chi connectivity index (χ4v) is 44.4. The molecule has 2 unspecified atom stereocenters. The molecule has 18 heavy (non-hydrogen) atoms. The van der Waals surface area contributed by atoms with E-state index in [-0.39, 0.29) is 0 Å². The van der Waals surface area contributed by atoms with Gasteiger partial charge in [-0.25, -0.2) is 0 Å². The maximum absolute atomic E-state index is 2.64. The van der Waals surface area contributed by atoms with Crippen molar-refractivity contribution in [1.82, 2.24) is 0 Å². The third kappa shape index (κ3) is 2.53. The predicted molar refractivity (Wildman–Crippen MR) is 88.0 cm³/mol. The van der Waals surface area contributed by atoms with Crippen LogP contribution in [0.1, 0.15) is 12.5 Å². The zero-order valence-electron chi connectivity index (χ0n) is 13.0. The van der Waals surface area contributed by atoms with E-state index in [1.807, 2.05) is 0 Å². The van der Waals surface area contributed by atoms with Crippen LogP contribution in [-0.4, -0.2) is 36.8 Å². The second kappa shape index (κ2) is 4.68. The molecule has 0 spiro atoms. The van der Waals surface area contributed by atoms with Gasteiger partial charge in [-0.3, -0.25) is 0 Å². The van der Waals surface area contributed by atoms with Gasteiger partial charge in [0.05, 0.1) is 0 Å². The molecule has 1 aliphatic carbocycles. The van der Waals surface area contributed by atoms with Gasteiger partial charge in [0.1, 0.15) is 0 Å². The van der Waals surface area contributed by atoms with E-state index < -0.39 is 36.8 Å². The number of hydrogen-bond donors (Lipinski definition) is 0. The predicted octanol–water partition coefficient (Wildman–Crippen LogP) is 5.37. The number of benzene rings is 1. The molecule has 0 bridgehead atoms. The standard InChI is InChI=1S/C10H10.6CH3.2Sn/c1-10(7-8-10)9-5-3-2-4-6-9;;;;;;;;/h2-8H,1H3;6*1H3;;. The first-order chi connectivity index (χ1) is 8.09. The van der Waals surface area contributed by atoms with Crippen molar-refractivity contribution < 1.29 is 0 Å². The molecule has 1 saturated carbocycles. The first-order valence-electron chi connectivity index (χ1n) is 7.15. The summed E-state index contributed by atoms with van der Waals surface area (Å²) in [6.07, 6.45) is 0. The van der Waals surface area contributed by atoms with Crippen molar-refractivity contribution >= 4 is 36.8 Å². The molecule has 0 aromatic heterocycles. The van der Waals surface area contributed by atoms with Crippen LogP contribution in [0.4, 0.5) is 0 Å². The van der Waals surface area contributed by atoms with Gasteiger partial charge in [0, 0.05) is 0 Å². The molecule has 0 aliphatic heterocycles. The van der Waals surface area contributed by atoms with Gasteiger partial charge in [0.2, 0.25) is 0 Å². The van der Waals surface area contributed by atoms with E-state index in [0.29, 0.717) is 5.41 Å². The third-order valence-electron chi connectivity index (χ3n) is 4.78. The molecule has 100 valence electrons. The number of hydrogen-bond acceptors (Lipinski definition) is 0. The van der Waals surface area contributed by atoms with E-state index >= 15 is 0 Å². The van der Waals surface area contributed by atoms with Gasteiger partial charge in [-0.15, -0.1) is 0 Å². The van der Waals surface area contributed by atoms with Gasteiger partial charge in [0.15, 0.2) is 0 Å². The van der Waals surface area contributed by atoms with Crippen LogP contribution >= 0.6 is 0 Å². The van der Waals surface area contributed by atoms with Crippen LogP contribution in [0.15, 0.2) is 30.3 Å². The second-order valence-corrected chi connectivity index (χ2v) is 38.9. The second-order valence-electron chi connectivity index (χ2n) is 8.34. The molecular weight excluding hydrogens is 430 g/mol. The van der Waals surface area contributed by atoms with Crippen molar-refractivity contribution in [3.05, 3.63) is 35.9 Å². The summed E-state index contributed by atoms with van der Waals surface area (Å²) in [5.41, 5.74) is 2.16. The van der Waals surface area contributed by atoms with Crippen LogP contribution in [0.2, 0.25) is 37.5 Å². The molecule has 0 radical (unpaired) electrons. The van der Waals surface area contributed by atoms with E-state index in [1.165, 1.54) is 0 Å². The Morgan fingerprint density at radius 2 is 1.17 bits per heavy atom. The molecule has 0 N–H and O–H groups in total. The molecule has 2 heteroatoms. The molecule has 0 amide bonds. The minimum absolute atomic E-state index is 0.532. The van der Waals surface area contributed by atoms with Crippen molar-refractivity contribution in [2.24, 2.45) is 0 Å². The normalized spacial score (nSPS) is 32.4. The van der Waals surface area contributed by atoms with Gasteiger partial charge in [-0.1, -0.05) is 0 Å². The molecule has 3 atom stereocenters. The van der Waals surface area contributed by atoms with E-state index in [0.717, 1.165) is 7.87 Å². The Morgan fingerprint density at radius 1 is 0.778 bits per heavy atom. The Balaban J connectivity index is 2.44. The first-order valence-corrected chi connectivity index (χ1v) is 27.6. The Labute approximate surface area is 121 Å². The fourth-order valence-electron chi connectivity index (χ4n) is 4.47. The molecule has 0 heterocycles. The molecule has 1 aliphatic rings.